The summed E-state index contributed by atoms with van der Waals surface area (Å²) >= 11 is 7.80. The third-order valence-corrected chi connectivity index (χ3v) is 7.41. The van der Waals surface area contributed by atoms with Crippen molar-refractivity contribution >= 4 is 29.3 Å². The second kappa shape index (κ2) is 11.1. The van der Waals surface area contributed by atoms with Gasteiger partial charge in [0.25, 0.3) is 0 Å². The van der Waals surface area contributed by atoms with E-state index in [0.717, 1.165) is 27.3 Å². The lowest BCUT2D eigenvalue weighted by Crippen LogP contribution is -2.42. The lowest BCUT2D eigenvalue weighted by molar-refractivity contribution is -0.126. The maximum atomic E-state index is 13.6. The summed E-state index contributed by atoms with van der Waals surface area (Å²) in [5.41, 5.74) is 3.10. The first-order valence-corrected chi connectivity index (χ1v) is 12.8. The maximum Gasteiger partial charge on any atom is 0.230 e. The standard InChI is InChI=1S/C30H27ClFNOS/c1-30(2,24-12-14-25(31)15-13-24)29(34)33-28(22-8-16-26(32)17-9-22)23-10-18-27(19-11-23)35-20-21-6-4-3-5-7-21/h3-19,28H,20H2,1-2H3,(H,33,34). The summed E-state index contributed by atoms with van der Waals surface area (Å²) in [5, 5.41) is 3.82. The SMILES string of the molecule is CC(C)(C(=O)NC(c1ccc(F)cc1)c1ccc(SCc2ccccc2)cc1)c1ccc(Cl)cc1. The Morgan fingerprint density at radius 3 is 2.03 bits per heavy atom. The Hall–Kier alpha value is -3.08. The third-order valence-electron chi connectivity index (χ3n) is 6.07. The Labute approximate surface area is 215 Å². The molecule has 0 spiro atoms. The van der Waals surface area contributed by atoms with E-state index >= 15 is 0 Å². The van der Waals surface area contributed by atoms with Crippen LogP contribution in [-0.2, 0) is 16.0 Å². The van der Waals surface area contributed by atoms with Crippen molar-refractivity contribution in [2.24, 2.45) is 0 Å². The van der Waals surface area contributed by atoms with Gasteiger partial charge in [-0.1, -0.05) is 78.3 Å². The predicted molar refractivity (Wildman–Crippen MR) is 143 cm³/mol. The molecule has 0 aromatic heterocycles. The number of hydrogen-bond donors (Lipinski definition) is 1. The van der Waals surface area contributed by atoms with Gasteiger partial charge in [-0.25, -0.2) is 4.39 Å². The van der Waals surface area contributed by atoms with Crippen molar-refractivity contribution in [1.82, 2.24) is 5.32 Å². The first-order valence-electron chi connectivity index (χ1n) is 11.4. The van der Waals surface area contributed by atoms with Gasteiger partial charge in [0, 0.05) is 15.7 Å². The van der Waals surface area contributed by atoms with Gasteiger partial charge >= 0.3 is 0 Å². The van der Waals surface area contributed by atoms with E-state index in [0.29, 0.717) is 5.02 Å². The van der Waals surface area contributed by atoms with Crippen molar-refractivity contribution in [1.29, 1.82) is 0 Å². The van der Waals surface area contributed by atoms with E-state index in [2.05, 4.69) is 29.6 Å². The summed E-state index contributed by atoms with van der Waals surface area (Å²) in [6.45, 7) is 3.77. The first-order chi connectivity index (χ1) is 16.8. The summed E-state index contributed by atoms with van der Waals surface area (Å²) in [6.07, 6.45) is 0. The van der Waals surface area contributed by atoms with Crippen LogP contribution < -0.4 is 5.32 Å². The van der Waals surface area contributed by atoms with E-state index in [1.165, 1.54) is 17.7 Å². The van der Waals surface area contributed by atoms with E-state index in [1.807, 2.05) is 56.3 Å². The zero-order chi connectivity index (χ0) is 24.8. The highest BCUT2D eigenvalue weighted by molar-refractivity contribution is 7.98. The molecule has 1 N–H and O–H groups in total. The summed E-state index contributed by atoms with van der Waals surface area (Å²) in [7, 11) is 0. The summed E-state index contributed by atoms with van der Waals surface area (Å²) in [5.74, 6) is 0.442. The molecular formula is C30H27ClFNOS. The molecule has 1 amide bonds. The number of rotatable bonds is 8. The average Bonchev–Trinajstić information content (AvgIpc) is 2.88. The maximum absolute atomic E-state index is 13.6. The van der Waals surface area contributed by atoms with Crippen molar-refractivity contribution in [2.75, 3.05) is 0 Å². The number of carbonyl (C=O) groups excluding carboxylic acids is 1. The van der Waals surface area contributed by atoms with Gasteiger partial charge in [0.05, 0.1) is 11.5 Å². The highest BCUT2D eigenvalue weighted by Gasteiger charge is 2.32. The second-order valence-electron chi connectivity index (χ2n) is 8.93. The molecule has 2 nitrogen and oxygen atoms in total. The van der Waals surface area contributed by atoms with Crippen LogP contribution in [0.25, 0.3) is 0 Å². The lowest BCUT2D eigenvalue weighted by atomic mass is 9.83. The van der Waals surface area contributed by atoms with Gasteiger partial charge in [0.15, 0.2) is 0 Å². The molecule has 0 aliphatic rings. The summed E-state index contributed by atoms with van der Waals surface area (Å²) < 4.78 is 13.6. The molecule has 1 atom stereocenters. The van der Waals surface area contributed by atoms with E-state index in [1.54, 1.807) is 36.0 Å². The zero-order valence-corrected chi connectivity index (χ0v) is 21.2. The van der Waals surface area contributed by atoms with Gasteiger partial charge in [0.2, 0.25) is 5.91 Å². The van der Waals surface area contributed by atoms with E-state index in [4.69, 9.17) is 11.6 Å². The van der Waals surface area contributed by atoms with Gasteiger partial charge in [-0.2, -0.15) is 0 Å². The fraction of sp³-hybridized carbons (Fsp3) is 0.167. The van der Waals surface area contributed by atoms with Crippen LogP contribution >= 0.6 is 23.4 Å². The second-order valence-corrected chi connectivity index (χ2v) is 10.4. The first kappa shape index (κ1) is 25.0. The molecule has 0 fully saturated rings. The minimum absolute atomic E-state index is 0.128. The number of hydrogen-bond acceptors (Lipinski definition) is 2. The summed E-state index contributed by atoms with van der Waals surface area (Å²) in [6, 6.07) is 31.7. The highest BCUT2D eigenvalue weighted by atomic mass is 35.5. The Morgan fingerprint density at radius 2 is 1.43 bits per heavy atom. The van der Waals surface area contributed by atoms with E-state index in [-0.39, 0.29) is 11.7 Å². The number of amides is 1. The molecule has 0 heterocycles. The topological polar surface area (TPSA) is 29.1 Å². The number of nitrogens with one attached hydrogen (secondary N) is 1. The molecule has 4 aromatic rings. The molecule has 0 aliphatic heterocycles. The number of benzene rings is 4. The minimum atomic E-state index is -0.783. The quantitative estimate of drug-likeness (QED) is 0.247. The molecule has 178 valence electrons. The Bertz CT molecular complexity index is 1260. The predicted octanol–water partition coefficient (Wildman–Crippen LogP) is 7.95. The fourth-order valence-corrected chi connectivity index (χ4v) is 4.80. The molecule has 4 aromatic carbocycles. The van der Waals surface area contributed by atoms with Crippen LogP contribution in [0.15, 0.2) is 108 Å². The van der Waals surface area contributed by atoms with Gasteiger partial charge in [0.1, 0.15) is 5.82 Å². The molecule has 5 heteroatoms. The Balaban J connectivity index is 1.56. The van der Waals surface area contributed by atoms with Crippen LogP contribution in [0.5, 0.6) is 0 Å². The van der Waals surface area contributed by atoms with Gasteiger partial charge in [-0.05, 0) is 72.5 Å². The number of halogens is 2. The fourth-order valence-electron chi connectivity index (χ4n) is 3.82. The minimum Gasteiger partial charge on any atom is -0.344 e. The van der Waals surface area contributed by atoms with Crippen molar-refractivity contribution < 1.29 is 9.18 Å². The monoisotopic (exact) mass is 503 g/mol. The number of thioether (sulfide) groups is 1. The molecule has 35 heavy (non-hydrogen) atoms. The largest absolute Gasteiger partial charge is 0.344 e. The van der Waals surface area contributed by atoms with Crippen LogP contribution in [0.1, 0.15) is 42.1 Å². The Morgan fingerprint density at radius 1 is 0.857 bits per heavy atom. The molecule has 0 saturated carbocycles. The molecule has 0 saturated heterocycles. The normalized spacial score (nSPS) is 12.2. The van der Waals surface area contributed by atoms with Crippen molar-refractivity contribution in [3.8, 4) is 0 Å². The van der Waals surface area contributed by atoms with Crippen molar-refractivity contribution in [2.45, 2.75) is 36.0 Å². The van der Waals surface area contributed by atoms with E-state index in [9.17, 15) is 9.18 Å². The lowest BCUT2D eigenvalue weighted by Gasteiger charge is -2.28. The van der Waals surface area contributed by atoms with Crippen molar-refractivity contribution in [3.63, 3.8) is 0 Å². The molecule has 0 bridgehead atoms. The number of carbonyl (C=O) groups is 1. The molecule has 0 radical (unpaired) electrons. The Kier molecular flexibility index (Phi) is 7.94. The van der Waals surface area contributed by atoms with Crippen LogP contribution in [0.2, 0.25) is 5.02 Å². The average molecular weight is 504 g/mol. The zero-order valence-electron chi connectivity index (χ0n) is 19.7. The van der Waals surface area contributed by atoms with Gasteiger partial charge < -0.3 is 5.32 Å². The molecule has 0 aliphatic carbocycles. The molecule has 4 rings (SSSR count). The highest BCUT2D eigenvalue weighted by Crippen LogP contribution is 2.30. The van der Waals surface area contributed by atoms with Crippen molar-refractivity contribution in [3.05, 3.63) is 136 Å². The van der Waals surface area contributed by atoms with E-state index < -0.39 is 11.5 Å². The molecular weight excluding hydrogens is 477 g/mol. The van der Waals surface area contributed by atoms with Crippen LogP contribution in [0, 0.1) is 5.82 Å². The van der Waals surface area contributed by atoms with Crippen LogP contribution in [0.4, 0.5) is 4.39 Å². The van der Waals surface area contributed by atoms with Gasteiger partial charge in [-0.15, -0.1) is 11.8 Å². The van der Waals surface area contributed by atoms with Crippen LogP contribution in [0.3, 0.4) is 0 Å². The summed E-state index contributed by atoms with van der Waals surface area (Å²) in [4.78, 5) is 14.6. The molecule has 1 unspecified atom stereocenters. The smallest absolute Gasteiger partial charge is 0.230 e. The third kappa shape index (κ3) is 6.33. The van der Waals surface area contributed by atoms with Gasteiger partial charge in [-0.3, -0.25) is 4.79 Å². The van der Waals surface area contributed by atoms with Crippen LogP contribution in [-0.4, -0.2) is 5.91 Å².